The Morgan fingerprint density at radius 1 is 1.44 bits per heavy atom. The first-order valence-corrected chi connectivity index (χ1v) is 4.77. The molecule has 0 fully saturated rings. The van der Waals surface area contributed by atoms with E-state index in [0.29, 0.717) is 11.4 Å². The molecule has 1 heterocycles. The van der Waals surface area contributed by atoms with Gasteiger partial charge in [0.05, 0.1) is 12.0 Å². The van der Waals surface area contributed by atoms with Crippen LogP contribution >= 0.6 is 0 Å². The smallest absolute Gasteiger partial charge is 0.261 e. The van der Waals surface area contributed by atoms with E-state index in [1.165, 1.54) is 13.0 Å². The van der Waals surface area contributed by atoms with Crippen LogP contribution in [0.15, 0.2) is 28.8 Å². The maximum Gasteiger partial charge on any atom is 0.261 e. The summed E-state index contributed by atoms with van der Waals surface area (Å²) in [5, 5.41) is 13.2. The molecule has 0 spiro atoms. The van der Waals surface area contributed by atoms with Crippen LogP contribution < -0.4 is 0 Å². The van der Waals surface area contributed by atoms with Gasteiger partial charge in [0, 0.05) is 0 Å². The standard InChI is InChI=1S/C11H10N2O3/c1-7(14)6-10-12-11(16-13-10)8-4-2-3-5-9(8)15/h2-5,15H,6H2,1H3. The quantitative estimate of drug-likeness (QED) is 0.846. The summed E-state index contributed by atoms with van der Waals surface area (Å²) in [5.74, 6) is 0.574. The number of aromatic hydroxyl groups is 1. The largest absolute Gasteiger partial charge is 0.507 e. The molecular weight excluding hydrogens is 208 g/mol. The van der Waals surface area contributed by atoms with Crippen LogP contribution in [0.25, 0.3) is 11.5 Å². The van der Waals surface area contributed by atoms with Crippen LogP contribution in [0.1, 0.15) is 12.7 Å². The maximum atomic E-state index is 10.9. The second kappa shape index (κ2) is 4.14. The normalized spacial score (nSPS) is 10.3. The molecule has 82 valence electrons. The number of carbonyl (C=O) groups excluding carboxylic acids is 1. The molecule has 0 radical (unpaired) electrons. The fourth-order valence-electron chi connectivity index (χ4n) is 1.31. The van der Waals surface area contributed by atoms with Gasteiger partial charge in [0.1, 0.15) is 11.5 Å². The third kappa shape index (κ3) is 2.08. The molecule has 16 heavy (non-hydrogen) atoms. The number of ketones is 1. The summed E-state index contributed by atoms with van der Waals surface area (Å²) < 4.78 is 4.96. The van der Waals surface area contributed by atoms with Gasteiger partial charge < -0.3 is 9.63 Å². The van der Waals surface area contributed by atoms with Crippen LogP contribution in [0.2, 0.25) is 0 Å². The van der Waals surface area contributed by atoms with Crippen LogP contribution in [-0.2, 0) is 11.2 Å². The third-order valence-corrected chi connectivity index (χ3v) is 2.01. The molecule has 0 amide bonds. The second-order valence-corrected chi connectivity index (χ2v) is 3.41. The molecule has 1 aromatic carbocycles. The predicted octanol–water partition coefficient (Wildman–Crippen LogP) is 1.57. The molecule has 1 aromatic heterocycles. The Hall–Kier alpha value is -2.17. The summed E-state index contributed by atoms with van der Waals surface area (Å²) in [7, 11) is 0. The van der Waals surface area contributed by atoms with Gasteiger partial charge in [-0.25, -0.2) is 0 Å². The zero-order valence-electron chi connectivity index (χ0n) is 8.67. The van der Waals surface area contributed by atoms with E-state index in [4.69, 9.17) is 4.52 Å². The Kier molecular flexibility index (Phi) is 2.68. The number of phenols is 1. The molecule has 0 aliphatic rings. The number of benzene rings is 1. The Bertz CT molecular complexity index is 519. The molecule has 0 aliphatic carbocycles. The van der Waals surface area contributed by atoms with Gasteiger partial charge in [-0.05, 0) is 19.1 Å². The van der Waals surface area contributed by atoms with Gasteiger partial charge in [-0.1, -0.05) is 17.3 Å². The van der Waals surface area contributed by atoms with Crippen molar-refractivity contribution in [1.29, 1.82) is 0 Å². The van der Waals surface area contributed by atoms with Crippen molar-refractivity contribution in [3.05, 3.63) is 30.1 Å². The van der Waals surface area contributed by atoms with Gasteiger partial charge in [-0.2, -0.15) is 4.98 Å². The number of rotatable bonds is 3. The Morgan fingerprint density at radius 3 is 2.88 bits per heavy atom. The average Bonchev–Trinajstić information content (AvgIpc) is 2.66. The number of nitrogens with zero attached hydrogens (tertiary/aromatic N) is 2. The van der Waals surface area contributed by atoms with E-state index in [0.717, 1.165) is 0 Å². The van der Waals surface area contributed by atoms with Crippen LogP contribution in [0.5, 0.6) is 5.75 Å². The molecule has 2 rings (SSSR count). The van der Waals surface area contributed by atoms with Crippen molar-refractivity contribution in [2.45, 2.75) is 13.3 Å². The van der Waals surface area contributed by atoms with Gasteiger partial charge in [0.15, 0.2) is 5.82 Å². The van der Waals surface area contributed by atoms with E-state index in [-0.39, 0.29) is 23.8 Å². The highest BCUT2D eigenvalue weighted by Crippen LogP contribution is 2.26. The van der Waals surface area contributed by atoms with Crippen molar-refractivity contribution in [3.63, 3.8) is 0 Å². The minimum Gasteiger partial charge on any atom is -0.507 e. The molecule has 0 bridgehead atoms. The number of phenolic OH excluding ortho intramolecular Hbond substituents is 1. The van der Waals surface area contributed by atoms with Crippen molar-refractivity contribution in [1.82, 2.24) is 10.1 Å². The van der Waals surface area contributed by atoms with Gasteiger partial charge in [0.25, 0.3) is 5.89 Å². The molecule has 0 atom stereocenters. The summed E-state index contributed by atoms with van der Waals surface area (Å²) in [6.45, 7) is 1.45. The fourth-order valence-corrected chi connectivity index (χ4v) is 1.31. The molecule has 0 saturated carbocycles. The van der Waals surface area contributed by atoms with Crippen LogP contribution in [0.3, 0.4) is 0 Å². The Balaban J connectivity index is 2.32. The van der Waals surface area contributed by atoms with E-state index in [2.05, 4.69) is 10.1 Å². The average molecular weight is 218 g/mol. The lowest BCUT2D eigenvalue weighted by Gasteiger charge is -1.96. The van der Waals surface area contributed by atoms with E-state index >= 15 is 0 Å². The molecule has 5 heteroatoms. The lowest BCUT2D eigenvalue weighted by Crippen LogP contribution is -1.97. The fraction of sp³-hybridized carbons (Fsp3) is 0.182. The summed E-state index contributed by atoms with van der Waals surface area (Å²) in [6, 6.07) is 6.65. The first-order chi connectivity index (χ1) is 7.66. The van der Waals surface area contributed by atoms with E-state index in [9.17, 15) is 9.90 Å². The molecule has 0 aliphatic heterocycles. The highest BCUT2D eigenvalue weighted by atomic mass is 16.5. The number of hydrogen-bond acceptors (Lipinski definition) is 5. The predicted molar refractivity (Wildman–Crippen MR) is 55.8 cm³/mol. The molecule has 1 N–H and O–H groups in total. The van der Waals surface area contributed by atoms with Crippen molar-refractivity contribution in [2.24, 2.45) is 0 Å². The number of aromatic nitrogens is 2. The minimum atomic E-state index is -0.0374. The van der Waals surface area contributed by atoms with Gasteiger partial charge in [-0.15, -0.1) is 0 Å². The van der Waals surface area contributed by atoms with Crippen molar-refractivity contribution in [2.75, 3.05) is 0 Å². The highest BCUT2D eigenvalue weighted by molar-refractivity contribution is 5.77. The third-order valence-electron chi connectivity index (χ3n) is 2.01. The maximum absolute atomic E-state index is 10.9. The molecular formula is C11H10N2O3. The number of para-hydroxylation sites is 1. The SMILES string of the molecule is CC(=O)Cc1noc(-c2ccccc2O)n1. The van der Waals surface area contributed by atoms with E-state index in [1.54, 1.807) is 18.2 Å². The first kappa shape index (κ1) is 10.4. The van der Waals surface area contributed by atoms with Gasteiger partial charge in [-0.3, -0.25) is 4.79 Å². The van der Waals surface area contributed by atoms with Crippen molar-refractivity contribution >= 4 is 5.78 Å². The monoisotopic (exact) mass is 218 g/mol. The second-order valence-electron chi connectivity index (χ2n) is 3.41. The van der Waals surface area contributed by atoms with E-state index in [1.807, 2.05) is 0 Å². The number of Topliss-reactive ketones (excluding diaryl/α,β-unsaturated/α-hetero) is 1. The molecule has 0 saturated heterocycles. The molecule has 0 unspecified atom stereocenters. The lowest BCUT2D eigenvalue weighted by molar-refractivity contribution is -0.116. The van der Waals surface area contributed by atoms with Crippen molar-refractivity contribution in [3.8, 4) is 17.2 Å². The zero-order chi connectivity index (χ0) is 11.5. The van der Waals surface area contributed by atoms with Gasteiger partial charge >= 0.3 is 0 Å². The molecule has 2 aromatic rings. The van der Waals surface area contributed by atoms with Crippen LogP contribution in [-0.4, -0.2) is 21.0 Å². The van der Waals surface area contributed by atoms with Crippen molar-refractivity contribution < 1.29 is 14.4 Å². The topological polar surface area (TPSA) is 76.2 Å². The highest BCUT2D eigenvalue weighted by Gasteiger charge is 2.12. The van der Waals surface area contributed by atoms with Gasteiger partial charge in [0.2, 0.25) is 0 Å². The first-order valence-electron chi connectivity index (χ1n) is 4.77. The van der Waals surface area contributed by atoms with E-state index < -0.39 is 0 Å². The number of hydrogen-bond donors (Lipinski definition) is 1. The number of carbonyl (C=O) groups is 1. The summed E-state index contributed by atoms with van der Waals surface area (Å²) in [4.78, 5) is 14.9. The minimum absolute atomic E-state index is 0.0374. The van der Waals surface area contributed by atoms with Crippen LogP contribution in [0, 0.1) is 0 Å². The lowest BCUT2D eigenvalue weighted by atomic mass is 10.2. The zero-order valence-corrected chi connectivity index (χ0v) is 8.67. The Labute approximate surface area is 91.7 Å². The summed E-state index contributed by atoms with van der Waals surface area (Å²) in [5.41, 5.74) is 0.463. The van der Waals surface area contributed by atoms with Crippen LogP contribution in [0.4, 0.5) is 0 Å². The molecule has 5 nitrogen and oxygen atoms in total. The Morgan fingerprint density at radius 2 is 2.19 bits per heavy atom. The summed E-state index contributed by atoms with van der Waals surface area (Å²) in [6.07, 6.45) is 0.136. The summed E-state index contributed by atoms with van der Waals surface area (Å²) >= 11 is 0.